The highest BCUT2D eigenvalue weighted by atomic mass is 16.5. The first kappa shape index (κ1) is 13.3. The number of amides is 1. The van der Waals surface area contributed by atoms with Crippen molar-refractivity contribution < 1.29 is 19.4 Å². The zero-order valence-electron chi connectivity index (χ0n) is 10.6. The van der Waals surface area contributed by atoms with Crippen LogP contribution in [-0.2, 0) is 14.3 Å². The summed E-state index contributed by atoms with van der Waals surface area (Å²) < 4.78 is 5.51. The Morgan fingerprint density at radius 2 is 2.28 bits per heavy atom. The molecule has 0 spiro atoms. The molecule has 102 valence electrons. The first-order valence-corrected chi connectivity index (χ1v) is 6.50. The average Bonchev–Trinajstić information content (AvgIpc) is 2.86. The number of carboxylic acids is 1. The summed E-state index contributed by atoms with van der Waals surface area (Å²) in [6.45, 7) is 4.02. The van der Waals surface area contributed by atoms with Gasteiger partial charge in [0.25, 0.3) is 0 Å². The van der Waals surface area contributed by atoms with E-state index < -0.39 is 12.0 Å². The van der Waals surface area contributed by atoms with Crippen LogP contribution in [0.2, 0.25) is 0 Å². The fourth-order valence-corrected chi connectivity index (χ4v) is 2.74. The number of rotatable bonds is 3. The molecule has 0 aromatic carbocycles. The molecule has 0 aliphatic carbocycles. The maximum Gasteiger partial charge on any atom is 0.327 e. The van der Waals surface area contributed by atoms with Gasteiger partial charge in [-0.15, -0.1) is 0 Å². The zero-order chi connectivity index (χ0) is 13.1. The largest absolute Gasteiger partial charge is 0.480 e. The van der Waals surface area contributed by atoms with Crippen LogP contribution in [0.5, 0.6) is 0 Å². The van der Waals surface area contributed by atoms with E-state index in [9.17, 15) is 9.59 Å². The van der Waals surface area contributed by atoms with Crippen LogP contribution in [0.3, 0.4) is 0 Å². The van der Waals surface area contributed by atoms with Crippen molar-refractivity contribution in [2.24, 2.45) is 5.92 Å². The summed E-state index contributed by atoms with van der Waals surface area (Å²) >= 11 is 0. The second-order valence-electron chi connectivity index (χ2n) is 4.80. The van der Waals surface area contributed by atoms with Crippen molar-refractivity contribution >= 4 is 11.9 Å². The highest BCUT2D eigenvalue weighted by molar-refractivity contribution is 5.86. The van der Waals surface area contributed by atoms with Crippen LogP contribution >= 0.6 is 0 Å². The number of carbonyl (C=O) groups is 2. The Labute approximate surface area is 106 Å². The van der Waals surface area contributed by atoms with Gasteiger partial charge in [-0.1, -0.05) is 6.92 Å². The Hall–Kier alpha value is -1.14. The summed E-state index contributed by atoms with van der Waals surface area (Å²) in [5.74, 6) is -1.18. The normalized spacial score (nSPS) is 32.5. The Balaban J connectivity index is 2.08. The molecule has 2 aliphatic rings. The van der Waals surface area contributed by atoms with Gasteiger partial charge in [-0.2, -0.15) is 0 Å². The summed E-state index contributed by atoms with van der Waals surface area (Å²) in [6.07, 6.45) is 1.44. The molecular formula is C12H20N2O4. The van der Waals surface area contributed by atoms with Crippen LogP contribution < -0.4 is 5.32 Å². The van der Waals surface area contributed by atoms with Crippen LogP contribution in [0.1, 0.15) is 19.8 Å². The van der Waals surface area contributed by atoms with E-state index in [-0.39, 0.29) is 17.9 Å². The van der Waals surface area contributed by atoms with Gasteiger partial charge in [0.15, 0.2) is 0 Å². The highest BCUT2D eigenvalue weighted by Gasteiger charge is 2.40. The van der Waals surface area contributed by atoms with E-state index >= 15 is 0 Å². The van der Waals surface area contributed by atoms with Gasteiger partial charge in [0.2, 0.25) is 5.91 Å². The van der Waals surface area contributed by atoms with E-state index in [0.29, 0.717) is 32.7 Å². The fraction of sp³-hybridized carbons (Fsp3) is 0.833. The van der Waals surface area contributed by atoms with E-state index in [0.717, 1.165) is 6.42 Å². The lowest BCUT2D eigenvalue weighted by Gasteiger charge is -2.35. The van der Waals surface area contributed by atoms with Crippen molar-refractivity contribution in [3.8, 4) is 0 Å². The lowest BCUT2D eigenvalue weighted by atomic mass is 9.96. The van der Waals surface area contributed by atoms with E-state index in [1.807, 2.05) is 6.92 Å². The van der Waals surface area contributed by atoms with Crippen molar-refractivity contribution in [1.29, 1.82) is 0 Å². The molecule has 2 heterocycles. The Kier molecular flexibility index (Phi) is 4.19. The van der Waals surface area contributed by atoms with Crippen LogP contribution in [0.15, 0.2) is 0 Å². The molecule has 2 fully saturated rings. The summed E-state index contributed by atoms with van der Waals surface area (Å²) in [7, 11) is 0. The first-order valence-electron chi connectivity index (χ1n) is 6.50. The standard InChI is InChI=1S/C12H20N2O4/c1-2-10-8(3-6-18-10)11(15)14-5-4-13-7-9(14)12(16)17/h8-10,13H,2-7H2,1H3,(H,16,17). The number of ether oxygens (including phenoxy) is 1. The van der Waals surface area contributed by atoms with Crippen molar-refractivity contribution in [1.82, 2.24) is 10.2 Å². The summed E-state index contributed by atoms with van der Waals surface area (Å²) in [6, 6.07) is -0.746. The topological polar surface area (TPSA) is 78.9 Å². The van der Waals surface area contributed by atoms with Gasteiger partial charge >= 0.3 is 5.97 Å². The number of nitrogens with one attached hydrogen (secondary N) is 1. The molecule has 3 atom stereocenters. The van der Waals surface area contributed by atoms with E-state index in [4.69, 9.17) is 9.84 Å². The summed E-state index contributed by atoms with van der Waals surface area (Å²) in [5.41, 5.74) is 0. The molecule has 0 aromatic rings. The second kappa shape index (κ2) is 5.67. The van der Waals surface area contributed by atoms with Crippen molar-refractivity contribution in [3.05, 3.63) is 0 Å². The molecule has 0 radical (unpaired) electrons. The first-order chi connectivity index (χ1) is 8.65. The molecule has 6 nitrogen and oxygen atoms in total. The van der Waals surface area contributed by atoms with Crippen LogP contribution in [0.4, 0.5) is 0 Å². The van der Waals surface area contributed by atoms with Gasteiger partial charge in [-0.25, -0.2) is 4.79 Å². The number of hydrogen-bond acceptors (Lipinski definition) is 4. The van der Waals surface area contributed by atoms with Gasteiger partial charge in [0, 0.05) is 26.2 Å². The molecule has 0 aromatic heterocycles. The smallest absolute Gasteiger partial charge is 0.327 e. The molecule has 18 heavy (non-hydrogen) atoms. The third-order valence-corrected chi connectivity index (χ3v) is 3.74. The van der Waals surface area contributed by atoms with Gasteiger partial charge < -0.3 is 20.1 Å². The molecule has 2 saturated heterocycles. The fourth-order valence-electron chi connectivity index (χ4n) is 2.74. The number of aliphatic carboxylic acids is 1. The lowest BCUT2D eigenvalue weighted by Crippen LogP contribution is -2.58. The molecule has 1 amide bonds. The minimum atomic E-state index is -0.942. The summed E-state index contributed by atoms with van der Waals surface area (Å²) in [5, 5.41) is 12.2. The zero-order valence-corrected chi connectivity index (χ0v) is 10.6. The van der Waals surface area contributed by atoms with Crippen molar-refractivity contribution in [2.45, 2.75) is 31.9 Å². The number of nitrogens with zero attached hydrogens (tertiary/aromatic N) is 1. The van der Waals surface area contributed by atoms with E-state index in [1.165, 1.54) is 4.90 Å². The Bertz CT molecular complexity index is 334. The monoisotopic (exact) mass is 256 g/mol. The van der Waals surface area contributed by atoms with Gasteiger partial charge in [-0.05, 0) is 12.8 Å². The minimum absolute atomic E-state index is 0.0539. The highest BCUT2D eigenvalue weighted by Crippen LogP contribution is 2.26. The molecule has 6 heteroatoms. The third kappa shape index (κ3) is 2.49. The number of carboxylic acid groups (broad SMARTS) is 1. The Morgan fingerprint density at radius 3 is 2.94 bits per heavy atom. The molecule has 2 N–H and O–H groups in total. The SMILES string of the molecule is CCC1OCCC1C(=O)N1CCNCC1C(=O)O. The van der Waals surface area contributed by atoms with Gasteiger partial charge in [-0.3, -0.25) is 4.79 Å². The number of piperazine rings is 1. The number of carbonyl (C=O) groups excluding carboxylic acids is 1. The third-order valence-electron chi connectivity index (χ3n) is 3.74. The van der Waals surface area contributed by atoms with Crippen molar-refractivity contribution in [3.63, 3.8) is 0 Å². The van der Waals surface area contributed by atoms with Crippen LogP contribution in [-0.4, -0.2) is 60.3 Å². The maximum atomic E-state index is 12.4. The quantitative estimate of drug-likeness (QED) is 0.724. The van der Waals surface area contributed by atoms with E-state index in [1.54, 1.807) is 0 Å². The van der Waals surface area contributed by atoms with Crippen LogP contribution in [0.25, 0.3) is 0 Å². The van der Waals surface area contributed by atoms with Gasteiger partial charge in [0.1, 0.15) is 6.04 Å². The predicted octanol–water partition coefficient (Wildman–Crippen LogP) is -0.313. The lowest BCUT2D eigenvalue weighted by molar-refractivity contribution is -0.154. The van der Waals surface area contributed by atoms with E-state index in [2.05, 4.69) is 5.32 Å². The Morgan fingerprint density at radius 1 is 1.50 bits per heavy atom. The number of hydrogen-bond donors (Lipinski definition) is 2. The predicted molar refractivity (Wildman–Crippen MR) is 64.1 cm³/mol. The molecular weight excluding hydrogens is 236 g/mol. The molecule has 0 saturated carbocycles. The molecule has 2 rings (SSSR count). The summed E-state index contributed by atoms with van der Waals surface area (Å²) in [4.78, 5) is 25.1. The second-order valence-corrected chi connectivity index (χ2v) is 4.80. The minimum Gasteiger partial charge on any atom is -0.480 e. The maximum absolute atomic E-state index is 12.4. The molecule has 2 aliphatic heterocycles. The molecule has 0 bridgehead atoms. The molecule has 3 unspecified atom stereocenters. The van der Waals surface area contributed by atoms with Gasteiger partial charge in [0.05, 0.1) is 12.0 Å². The van der Waals surface area contributed by atoms with Crippen molar-refractivity contribution in [2.75, 3.05) is 26.2 Å². The van der Waals surface area contributed by atoms with Crippen LogP contribution in [0, 0.1) is 5.92 Å². The average molecular weight is 256 g/mol.